The third-order valence-electron chi connectivity index (χ3n) is 2.74. The molecule has 1 aromatic rings. The van der Waals surface area contributed by atoms with Gasteiger partial charge in [0, 0.05) is 13.2 Å². The SMILES string of the molecule is CCOCCN(CC)CC(=O)c1ccccc1F. The highest BCUT2D eigenvalue weighted by Crippen LogP contribution is 2.08. The first-order chi connectivity index (χ1) is 8.69. The highest BCUT2D eigenvalue weighted by Gasteiger charge is 2.14. The molecule has 3 nitrogen and oxygen atoms in total. The van der Waals surface area contributed by atoms with E-state index in [2.05, 4.69) is 0 Å². The van der Waals surface area contributed by atoms with E-state index in [1.807, 2.05) is 18.7 Å². The molecule has 0 unspecified atom stereocenters. The number of hydrogen-bond donors (Lipinski definition) is 0. The summed E-state index contributed by atoms with van der Waals surface area (Å²) in [6.07, 6.45) is 0. The second kappa shape index (κ2) is 7.95. The maximum Gasteiger partial charge on any atom is 0.179 e. The summed E-state index contributed by atoms with van der Waals surface area (Å²) in [7, 11) is 0. The Labute approximate surface area is 108 Å². The van der Waals surface area contributed by atoms with Gasteiger partial charge < -0.3 is 4.74 Å². The zero-order valence-electron chi connectivity index (χ0n) is 11.0. The third kappa shape index (κ3) is 4.55. The maximum absolute atomic E-state index is 13.4. The largest absolute Gasteiger partial charge is 0.380 e. The number of benzene rings is 1. The van der Waals surface area contributed by atoms with Crippen molar-refractivity contribution in [2.75, 3.05) is 32.8 Å². The molecule has 0 bridgehead atoms. The Morgan fingerprint density at radius 1 is 1.33 bits per heavy atom. The molecule has 0 aromatic heterocycles. The average molecular weight is 253 g/mol. The van der Waals surface area contributed by atoms with Crippen molar-refractivity contribution in [1.82, 2.24) is 4.90 Å². The summed E-state index contributed by atoms with van der Waals surface area (Å²) < 4.78 is 18.7. The van der Waals surface area contributed by atoms with Crippen LogP contribution in [0.2, 0.25) is 0 Å². The van der Waals surface area contributed by atoms with Crippen LogP contribution >= 0.6 is 0 Å². The number of carbonyl (C=O) groups excluding carboxylic acids is 1. The van der Waals surface area contributed by atoms with Crippen LogP contribution < -0.4 is 0 Å². The van der Waals surface area contributed by atoms with Crippen molar-refractivity contribution in [3.63, 3.8) is 0 Å². The standard InChI is InChI=1S/C14H20FNO2/c1-3-16(9-10-18-4-2)11-14(17)12-7-5-6-8-13(12)15/h5-8H,3-4,9-11H2,1-2H3. The normalized spacial score (nSPS) is 10.9. The lowest BCUT2D eigenvalue weighted by Gasteiger charge is -2.19. The van der Waals surface area contributed by atoms with E-state index in [-0.39, 0.29) is 17.9 Å². The minimum Gasteiger partial charge on any atom is -0.380 e. The number of ether oxygens (including phenoxy) is 1. The van der Waals surface area contributed by atoms with Gasteiger partial charge in [0.1, 0.15) is 5.82 Å². The first-order valence-electron chi connectivity index (χ1n) is 6.26. The fraction of sp³-hybridized carbons (Fsp3) is 0.500. The van der Waals surface area contributed by atoms with E-state index in [9.17, 15) is 9.18 Å². The van der Waals surface area contributed by atoms with Crippen molar-refractivity contribution in [3.05, 3.63) is 35.6 Å². The Balaban J connectivity index is 2.54. The molecule has 0 atom stereocenters. The molecular weight excluding hydrogens is 233 g/mol. The molecule has 0 heterocycles. The molecule has 100 valence electrons. The van der Waals surface area contributed by atoms with Crippen molar-refractivity contribution in [2.24, 2.45) is 0 Å². The smallest absolute Gasteiger partial charge is 0.179 e. The minimum absolute atomic E-state index is 0.160. The molecule has 0 N–H and O–H groups in total. The van der Waals surface area contributed by atoms with E-state index in [1.54, 1.807) is 12.1 Å². The van der Waals surface area contributed by atoms with Gasteiger partial charge in [-0.1, -0.05) is 19.1 Å². The lowest BCUT2D eigenvalue weighted by atomic mass is 10.1. The molecule has 0 spiro atoms. The fourth-order valence-corrected chi connectivity index (χ4v) is 1.66. The van der Waals surface area contributed by atoms with Crippen molar-refractivity contribution < 1.29 is 13.9 Å². The van der Waals surface area contributed by atoms with Crippen LogP contribution in [0.1, 0.15) is 24.2 Å². The summed E-state index contributed by atoms with van der Waals surface area (Å²) in [5.41, 5.74) is 0.160. The van der Waals surface area contributed by atoms with Crippen molar-refractivity contribution in [2.45, 2.75) is 13.8 Å². The van der Waals surface area contributed by atoms with E-state index in [0.29, 0.717) is 19.8 Å². The van der Waals surface area contributed by atoms with Crippen LogP contribution in [0, 0.1) is 5.82 Å². The van der Waals surface area contributed by atoms with E-state index in [4.69, 9.17) is 4.74 Å². The fourth-order valence-electron chi connectivity index (χ4n) is 1.66. The van der Waals surface area contributed by atoms with Crippen LogP contribution in [-0.4, -0.2) is 43.5 Å². The molecule has 1 aromatic carbocycles. The second-order valence-electron chi connectivity index (χ2n) is 3.97. The second-order valence-corrected chi connectivity index (χ2v) is 3.97. The summed E-state index contributed by atoms with van der Waals surface area (Å²) in [5.74, 6) is -0.644. The van der Waals surface area contributed by atoms with E-state index in [1.165, 1.54) is 12.1 Å². The molecule has 0 aliphatic heterocycles. The molecular formula is C14H20FNO2. The van der Waals surface area contributed by atoms with Crippen LogP contribution in [0.15, 0.2) is 24.3 Å². The first-order valence-corrected chi connectivity index (χ1v) is 6.26. The number of Topliss-reactive ketones (excluding diaryl/α,β-unsaturated/α-hetero) is 1. The third-order valence-corrected chi connectivity index (χ3v) is 2.74. The van der Waals surface area contributed by atoms with Gasteiger partial charge in [0.15, 0.2) is 5.78 Å². The van der Waals surface area contributed by atoms with Crippen molar-refractivity contribution in [1.29, 1.82) is 0 Å². The summed E-state index contributed by atoms with van der Waals surface area (Å²) in [6.45, 7) is 6.82. The number of nitrogens with zero attached hydrogens (tertiary/aromatic N) is 1. The zero-order valence-corrected chi connectivity index (χ0v) is 11.0. The van der Waals surface area contributed by atoms with Crippen LogP contribution in [0.5, 0.6) is 0 Å². The average Bonchev–Trinajstić information content (AvgIpc) is 2.38. The maximum atomic E-state index is 13.4. The molecule has 18 heavy (non-hydrogen) atoms. The lowest BCUT2D eigenvalue weighted by molar-refractivity contribution is 0.0864. The van der Waals surface area contributed by atoms with Gasteiger partial charge in [-0.25, -0.2) is 4.39 Å². The number of halogens is 1. The monoisotopic (exact) mass is 253 g/mol. The zero-order chi connectivity index (χ0) is 13.4. The number of likely N-dealkylation sites (N-methyl/N-ethyl adjacent to an activating group) is 1. The van der Waals surface area contributed by atoms with Crippen molar-refractivity contribution >= 4 is 5.78 Å². The van der Waals surface area contributed by atoms with E-state index >= 15 is 0 Å². The highest BCUT2D eigenvalue weighted by atomic mass is 19.1. The molecule has 0 saturated heterocycles. The first kappa shape index (κ1) is 14.8. The van der Waals surface area contributed by atoms with Crippen LogP contribution in [0.4, 0.5) is 4.39 Å². The van der Waals surface area contributed by atoms with Gasteiger partial charge in [-0.15, -0.1) is 0 Å². The molecule has 0 fully saturated rings. The van der Waals surface area contributed by atoms with Gasteiger partial charge in [-0.3, -0.25) is 9.69 Å². The van der Waals surface area contributed by atoms with Gasteiger partial charge >= 0.3 is 0 Å². The number of ketones is 1. The molecule has 0 amide bonds. The van der Waals surface area contributed by atoms with Crippen LogP contribution in [0.25, 0.3) is 0 Å². The van der Waals surface area contributed by atoms with Crippen LogP contribution in [-0.2, 0) is 4.74 Å². The molecule has 4 heteroatoms. The summed E-state index contributed by atoms with van der Waals surface area (Å²) in [4.78, 5) is 13.9. The van der Waals surface area contributed by atoms with Gasteiger partial charge in [0.25, 0.3) is 0 Å². The Hall–Kier alpha value is -1.26. The lowest BCUT2D eigenvalue weighted by Crippen LogP contribution is -2.33. The molecule has 0 aliphatic rings. The Kier molecular flexibility index (Phi) is 6.54. The minimum atomic E-state index is -0.455. The van der Waals surface area contributed by atoms with E-state index < -0.39 is 5.82 Å². The number of carbonyl (C=O) groups is 1. The van der Waals surface area contributed by atoms with Gasteiger partial charge in [0.2, 0.25) is 0 Å². The molecule has 0 saturated carbocycles. The number of rotatable bonds is 8. The summed E-state index contributed by atoms with van der Waals surface area (Å²) in [5, 5.41) is 0. The molecule has 1 rings (SSSR count). The molecule has 0 radical (unpaired) electrons. The number of hydrogen-bond acceptors (Lipinski definition) is 3. The van der Waals surface area contributed by atoms with Gasteiger partial charge in [-0.05, 0) is 25.6 Å². The Morgan fingerprint density at radius 3 is 2.67 bits per heavy atom. The Bertz CT molecular complexity index is 382. The summed E-state index contributed by atoms with van der Waals surface area (Å²) >= 11 is 0. The predicted octanol–water partition coefficient (Wildman–Crippen LogP) is 2.37. The summed E-state index contributed by atoms with van der Waals surface area (Å²) in [6, 6.07) is 6.09. The van der Waals surface area contributed by atoms with E-state index in [0.717, 1.165) is 6.54 Å². The van der Waals surface area contributed by atoms with Gasteiger partial charge in [-0.2, -0.15) is 0 Å². The predicted molar refractivity (Wildman–Crippen MR) is 69.3 cm³/mol. The van der Waals surface area contributed by atoms with Crippen LogP contribution in [0.3, 0.4) is 0 Å². The van der Waals surface area contributed by atoms with Gasteiger partial charge in [0.05, 0.1) is 18.7 Å². The highest BCUT2D eigenvalue weighted by molar-refractivity contribution is 5.97. The quantitative estimate of drug-likeness (QED) is 0.526. The topological polar surface area (TPSA) is 29.5 Å². The van der Waals surface area contributed by atoms with Crippen molar-refractivity contribution in [3.8, 4) is 0 Å². The molecule has 0 aliphatic carbocycles. The Morgan fingerprint density at radius 2 is 2.06 bits per heavy atom.